The van der Waals surface area contributed by atoms with Gasteiger partial charge in [0.05, 0.1) is 0 Å². The van der Waals surface area contributed by atoms with Gasteiger partial charge in [0, 0.05) is 48.7 Å². The molecule has 0 aliphatic rings. The highest BCUT2D eigenvalue weighted by Gasteiger charge is 2.37. The standard InChI is InChI=1S/C38H46O2Si2.C38H42O2Si2/c2*1-7-29-41(30-8-2,39-11-5)37-25-21-35(22-26-37)19-17-33-13-15-34(16-14-33)18-20-36-23-27-38(28-24-36)42(31-9-3,32-10-4)40-12-6/h7-10,13-28H,1-4,11-12,29-32H2,5-6H3;7-10,13-16,21-28H,1-4,11-12,29-32H2,5-6H3/b19-17-,20-18-;. The Morgan fingerprint density at radius 2 is 0.417 bits per heavy atom. The highest BCUT2D eigenvalue weighted by Crippen LogP contribution is 2.24. The van der Waals surface area contributed by atoms with E-state index in [2.05, 4.69) is 236 Å². The van der Waals surface area contributed by atoms with Crippen LogP contribution in [-0.2, 0) is 17.7 Å². The predicted molar refractivity (Wildman–Crippen MR) is 377 cm³/mol. The molecule has 0 saturated heterocycles. The summed E-state index contributed by atoms with van der Waals surface area (Å²) in [6, 6.07) is 58.2. The second kappa shape index (κ2) is 35.6. The van der Waals surface area contributed by atoms with Crippen molar-refractivity contribution in [2.24, 2.45) is 0 Å². The minimum absolute atomic E-state index is 0.685. The molecular weight excluding hydrogens is 1090 g/mol. The third kappa shape index (κ3) is 19.3. The van der Waals surface area contributed by atoms with Crippen LogP contribution in [0, 0.1) is 23.7 Å². The normalized spacial score (nSPS) is 11.5. The molecule has 0 amide bonds. The number of rotatable bonds is 32. The summed E-state index contributed by atoms with van der Waals surface area (Å²) in [4.78, 5) is 0. The average molecular weight is 1180 g/mol. The van der Waals surface area contributed by atoms with E-state index < -0.39 is 33.3 Å². The maximum absolute atomic E-state index is 6.33. The molecule has 0 spiro atoms. The second-order valence-electron chi connectivity index (χ2n) is 20.5. The van der Waals surface area contributed by atoms with Crippen molar-refractivity contribution in [1.82, 2.24) is 0 Å². The van der Waals surface area contributed by atoms with Crippen molar-refractivity contribution in [3.8, 4) is 23.7 Å². The first-order valence-electron chi connectivity index (χ1n) is 29.4. The molecule has 0 aliphatic heterocycles. The average Bonchev–Trinajstić information content (AvgIpc) is 3.63. The molecule has 0 radical (unpaired) electrons. The lowest BCUT2D eigenvalue weighted by Gasteiger charge is -2.29. The number of benzene rings is 6. The Labute approximate surface area is 510 Å². The first kappa shape index (κ1) is 67.3. The van der Waals surface area contributed by atoms with Crippen LogP contribution in [0.3, 0.4) is 0 Å². The Morgan fingerprint density at radius 3 is 0.583 bits per heavy atom. The van der Waals surface area contributed by atoms with Crippen LogP contribution >= 0.6 is 0 Å². The van der Waals surface area contributed by atoms with E-state index in [1.807, 2.05) is 86.7 Å². The van der Waals surface area contributed by atoms with Gasteiger partial charge in [-0.15, -0.1) is 52.6 Å². The fourth-order valence-corrected chi connectivity index (χ4v) is 23.8. The monoisotopic (exact) mass is 1180 g/mol. The van der Waals surface area contributed by atoms with Crippen LogP contribution in [0.25, 0.3) is 24.3 Å². The molecule has 0 heterocycles. The summed E-state index contributed by atoms with van der Waals surface area (Å²) in [5, 5.41) is 5.07. The maximum Gasteiger partial charge on any atom is 0.231 e. The van der Waals surface area contributed by atoms with Crippen molar-refractivity contribution in [3.05, 3.63) is 291 Å². The van der Waals surface area contributed by atoms with Crippen LogP contribution in [0.15, 0.2) is 247 Å². The Bertz CT molecular complexity index is 2990. The first-order valence-corrected chi connectivity index (χ1v) is 38.7. The lowest BCUT2D eigenvalue weighted by molar-refractivity contribution is 0.333. The van der Waals surface area contributed by atoms with Gasteiger partial charge < -0.3 is 17.7 Å². The van der Waals surface area contributed by atoms with Crippen LogP contribution in [-0.4, -0.2) is 59.7 Å². The molecule has 6 rings (SSSR count). The molecule has 84 heavy (non-hydrogen) atoms. The third-order valence-electron chi connectivity index (χ3n) is 14.6. The highest BCUT2D eigenvalue weighted by atomic mass is 28.4. The van der Waals surface area contributed by atoms with Gasteiger partial charge in [-0.1, -0.05) is 194 Å². The molecule has 8 heteroatoms. The molecule has 0 fully saturated rings. The van der Waals surface area contributed by atoms with Gasteiger partial charge in [0.1, 0.15) is 0 Å². The number of allylic oxidation sites excluding steroid dienone is 8. The molecule has 4 nitrogen and oxygen atoms in total. The molecule has 0 aliphatic carbocycles. The van der Waals surface area contributed by atoms with Gasteiger partial charge in [0.25, 0.3) is 0 Å². The minimum atomic E-state index is -2.15. The fraction of sp³-hybridized carbons (Fsp3) is 0.211. The van der Waals surface area contributed by atoms with Gasteiger partial charge in [0.2, 0.25) is 33.3 Å². The summed E-state index contributed by atoms with van der Waals surface area (Å²) in [5.74, 6) is 13.1. The molecule has 0 unspecified atom stereocenters. The maximum atomic E-state index is 6.33. The predicted octanol–water partition coefficient (Wildman–Crippen LogP) is 16.8. The molecule has 0 aromatic heterocycles. The van der Waals surface area contributed by atoms with E-state index in [-0.39, 0.29) is 0 Å². The highest BCUT2D eigenvalue weighted by molar-refractivity contribution is 6.88. The van der Waals surface area contributed by atoms with Crippen molar-refractivity contribution in [2.45, 2.75) is 76.0 Å². The summed E-state index contributed by atoms with van der Waals surface area (Å²) in [5.41, 5.74) is 8.51. The quantitative estimate of drug-likeness (QED) is 0.0183. The Balaban J connectivity index is 0.000000307. The zero-order valence-corrected chi connectivity index (χ0v) is 54.6. The van der Waals surface area contributed by atoms with Gasteiger partial charge in [-0.25, -0.2) is 0 Å². The molecule has 0 bridgehead atoms. The summed E-state index contributed by atoms with van der Waals surface area (Å²) in [6.45, 7) is 42.7. The zero-order chi connectivity index (χ0) is 60.5. The van der Waals surface area contributed by atoms with Crippen LogP contribution in [0.4, 0.5) is 0 Å². The van der Waals surface area contributed by atoms with E-state index in [1.54, 1.807) is 0 Å². The minimum Gasteiger partial charge on any atom is -0.412 e. The summed E-state index contributed by atoms with van der Waals surface area (Å²) >= 11 is 0. The van der Waals surface area contributed by atoms with Crippen molar-refractivity contribution >= 4 is 78.3 Å². The van der Waals surface area contributed by atoms with Crippen molar-refractivity contribution in [2.75, 3.05) is 26.4 Å². The molecule has 0 N–H and O–H groups in total. The van der Waals surface area contributed by atoms with E-state index in [0.29, 0.717) is 26.4 Å². The SMILES string of the molecule is C=CC[Si](CC=C)(OCC)c1ccc(/C=C\c2ccc(/C=C\c3ccc([Si](CC=C)(CC=C)OCC)cc3)cc2)cc1.C=CC[Si](CC=C)(OCC)c1ccc(C#Cc2ccc(C#Cc3ccc([Si](CC=C)(CC=C)OCC)cc3)cc2)cc1. The Morgan fingerprint density at radius 1 is 0.262 bits per heavy atom. The fourth-order valence-electron chi connectivity index (χ4n) is 10.6. The van der Waals surface area contributed by atoms with Crippen molar-refractivity contribution < 1.29 is 17.7 Å². The lowest BCUT2D eigenvalue weighted by Crippen LogP contribution is -2.50. The molecule has 6 aromatic carbocycles. The summed E-state index contributed by atoms with van der Waals surface area (Å²) < 4.78 is 25.3. The molecule has 0 saturated carbocycles. The van der Waals surface area contributed by atoms with Crippen LogP contribution in [0.1, 0.15) is 72.2 Å². The molecule has 432 valence electrons. The first-order chi connectivity index (χ1) is 40.9. The van der Waals surface area contributed by atoms with Gasteiger partial charge in [-0.05, 0) is 168 Å². The Hall–Kier alpha value is -7.45. The van der Waals surface area contributed by atoms with Crippen LogP contribution in [0.2, 0.25) is 48.4 Å². The zero-order valence-electron chi connectivity index (χ0n) is 50.6. The summed E-state index contributed by atoms with van der Waals surface area (Å²) in [6.07, 6.45) is 24.4. The largest absolute Gasteiger partial charge is 0.412 e. The number of hydrogen-bond donors (Lipinski definition) is 0. The lowest BCUT2D eigenvalue weighted by atomic mass is 10.1. The van der Waals surface area contributed by atoms with E-state index in [9.17, 15) is 0 Å². The smallest absolute Gasteiger partial charge is 0.231 e. The van der Waals surface area contributed by atoms with E-state index in [0.717, 1.165) is 70.6 Å². The van der Waals surface area contributed by atoms with Gasteiger partial charge in [0.15, 0.2) is 0 Å². The van der Waals surface area contributed by atoms with Gasteiger partial charge >= 0.3 is 0 Å². The van der Waals surface area contributed by atoms with Crippen LogP contribution < -0.4 is 20.7 Å². The second-order valence-corrected chi connectivity index (χ2v) is 35.1. The van der Waals surface area contributed by atoms with Crippen LogP contribution in [0.5, 0.6) is 0 Å². The topological polar surface area (TPSA) is 36.9 Å². The van der Waals surface area contributed by atoms with E-state index in [4.69, 9.17) is 17.7 Å². The molecule has 6 aromatic rings. The summed E-state index contributed by atoms with van der Waals surface area (Å²) in [7, 11) is -8.54. The number of hydrogen-bond acceptors (Lipinski definition) is 4. The molecule has 0 atom stereocenters. The van der Waals surface area contributed by atoms with Gasteiger partial charge in [-0.2, -0.15) is 0 Å². The van der Waals surface area contributed by atoms with Crippen molar-refractivity contribution in [1.29, 1.82) is 0 Å². The Kier molecular flexibility index (Phi) is 28.6. The van der Waals surface area contributed by atoms with Crippen molar-refractivity contribution in [3.63, 3.8) is 0 Å². The third-order valence-corrected chi connectivity index (χ3v) is 31.1. The van der Waals surface area contributed by atoms with E-state index in [1.165, 1.54) is 43.0 Å². The molecular formula is C76H88O4Si4. The van der Waals surface area contributed by atoms with E-state index >= 15 is 0 Å². The van der Waals surface area contributed by atoms with Gasteiger partial charge in [-0.3, -0.25) is 0 Å².